The highest BCUT2D eigenvalue weighted by Crippen LogP contribution is 2.38. The Kier molecular flexibility index (Phi) is 17.8. The fourth-order valence-corrected chi connectivity index (χ4v) is 10.6. The van der Waals surface area contributed by atoms with Crippen LogP contribution in [0.25, 0.3) is 10.8 Å². The molecule has 0 aromatic heterocycles. The second kappa shape index (κ2) is 24.6. The number of imide groups is 1. The minimum Gasteiger partial charge on any atom is -0.496 e. The van der Waals surface area contributed by atoms with Gasteiger partial charge in [0, 0.05) is 33.7 Å². The summed E-state index contributed by atoms with van der Waals surface area (Å²) >= 11 is 3.56. The summed E-state index contributed by atoms with van der Waals surface area (Å²) < 4.78 is 6.72. The standard InChI is InChI=1S/C57H66BrN9O8/c1-34(59-3)51(68)63-46-33-66(48-19-13-12-18-47(48)65(56(46)73)32-44-43-26-25-41(58)28-40(43)24-27-49(44)75-5)54(71)39-22-20-38(21-23-39)53(70)62-42-29-45(61-30-42)55(72)67(31-36-14-8-6-9-15-36)57(74)50(37-16-10-7-11-17-37)64-52(69)35(2)60-4/h6,8-9,12-15,18-28,34-35,37,42,45-46,50,59-61H,7,10-11,16-17,29-33H2,1-5H3,(H,62,70)(H,63,68)(H,64,69)/t34-,35-,42-,45-,46-,50-/m0/s1. The predicted molar refractivity (Wildman–Crippen MR) is 291 cm³/mol. The van der Waals surface area contributed by atoms with E-state index >= 15 is 0 Å². The molecular weight excluding hydrogens is 1020 g/mol. The summed E-state index contributed by atoms with van der Waals surface area (Å²) in [5.74, 6) is -2.51. The fraction of sp³-hybridized carbons (Fsp3) is 0.386. The number of benzene rings is 5. The number of fused-ring (bicyclic) bond motifs is 2. The summed E-state index contributed by atoms with van der Waals surface area (Å²) in [7, 11) is 4.89. The summed E-state index contributed by atoms with van der Waals surface area (Å²) in [5.41, 5.74) is 2.89. The molecule has 8 rings (SSSR count). The van der Waals surface area contributed by atoms with Crippen LogP contribution in [0.15, 0.2) is 114 Å². The van der Waals surface area contributed by atoms with Crippen molar-refractivity contribution in [1.82, 2.24) is 36.8 Å². The number of hydrogen-bond donors (Lipinski definition) is 6. The van der Waals surface area contributed by atoms with Crippen molar-refractivity contribution in [2.75, 3.05) is 44.1 Å². The van der Waals surface area contributed by atoms with Crippen LogP contribution < -0.4 is 46.4 Å². The van der Waals surface area contributed by atoms with Gasteiger partial charge in [-0.15, -0.1) is 0 Å². The van der Waals surface area contributed by atoms with Crippen LogP contribution in [0.3, 0.4) is 0 Å². The zero-order chi connectivity index (χ0) is 53.3. The monoisotopic (exact) mass is 1080 g/mol. The Morgan fingerprint density at radius 1 is 0.787 bits per heavy atom. The number of nitrogens with zero attached hydrogens (tertiary/aromatic N) is 3. The van der Waals surface area contributed by atoms with Gasteiger partial charge < -0.3 is 46.4 Å². The van der Waals surface area contributed by atoms with Gasteiger partial charge in [0.25, 0.3) is 23.6 Å². The topological polar surface area (TPSA) is 211 Å². The first-order valence-corrected chi connectivity index (χ1v) is 26.4. The summed E-state index contributed by atoms with van der Waals surface area (Å²) in [6.07, 6.45) is 4.63. The molecule has 1 saturated carbocycles. The molecule has 1 saturated heterocycles. The van der Waals surface area contributed by atoms with Gasteiger partial charge in [0.05, 0.1) is 56.2 Å². The van der Waals surface area contributed by atoms with Crippen LogP contribution >= 0.6 is 15.9 Å². The molecule has 1 aliphatic carbocycles. The first-order valence-electron chi connectivity index (χ1n) is 25.7. The van der Waals surface area contributed by atoms with Crippen molar-refractivity contribution in [2.45, 2.75) is 102 Å². The maximum atomic E-state index is 14.9. The summed E-state index contributed by atoms with van der Waals surface area (Å²) in [6.45, 7) is 3.54. The van der Waals surface area contributed by atoms with Gasteiger partial charge in [0.15, 0.2) is 0 Å². The minimum absolute atomic E-state index is 0.0145. The molecule has 3 aliphatic rings. The van der Waals surface area contributed by atoms with Crippen molar-refractivity contribution in [1.29, 1.82) is 0 Å². The lowest BCUT2D eigenvalue weighted by atomic mass is 9.83. The van der Waals surface area contributed by atoms with Crippen LogP contribution in [0.2, 0.25) is 0 Å². The van der Waals surface area contributed by atoms with Crippen molar-refractivity contribution < 1.29 is 38.3 Å². The van der Waals surface area contributed by atoms with E-state index in [0.29, 0.717) is 17.1 Å². The molecule has 7 amide bonds. The number of hydrogen-bond acceptors (Lipinski definition) is 11. The van der Waals surface area contributed by atoms with Crippen LogP contribution in [0.4, 0.5) is 11.4 Å². The number of amides is 7. The Bertz CT molecular complexity index is 2920. The van der Waals surface area contributed by atoms with Gasteiger partial charge in [-0.05, 0) is 124 Å². The van der Waals surface area contributed by atoms with Crippen LogP contribution in [-0.2, 0) is 37.1 Å². The van der Waals surface area contributed by atoms with Gasteiger partial charge in [0.2, 0.25) is 17.7 Å². The molecule has 0 spiro atoms. The number of likely N-dealkylation sites (N-methyl/N-ethyl adjacent to an activating group) is 2. The van der Waals surface area contributed by atoms with Gasteiger partial charge in [-0.2, -0.15) is 0 Å². The number of halogens is 1. The lowest BCUT2D eigenvalue weighted by molar-refractivity contribution is -0.150. The highest BCUT2D eigenvalue weighted by atomic mass is 79.9. The van der Waals surface area contributed by atoms with Crippen molar-refractivity contribution in [2.24, 2.45) is 5.92 Å². The summed E-state index contributed by atoms with van der Waals surface area (Å²) in [6, 6.07) is 27.7. The number of ether oxygens (including phenoxy) is 1. The maximum Gasteiger partial charge on any atom is 0.258 e. The molecule has 2 fully saturated rings. The maximum absolute atomic E-state index is 14.9. The van der Waals surface area contributed by atoms with Crippen molar-refractivity contribution in [3.8, 4) is 5.75 Å². The van der Waals surface area contributed by atoms with E-state index in [1.807, 2.05) is 60.7 Å². The third kappa shape index (κ3) is 12.4. The van der Waals surface area contributed by atoms with Crippen LogP contribution in [-0.4, -0.2) is 117 Å². The zero-order valence-corrected chi connectivity index (χ0v) is 44.6. The number of carbonyl (C=O) groups excluding carboxylic acids is 7. The molecule has 6 atom stereocenters. The zero-order valence-electron chi connectivity index (χ0n) is 43.0. The Morgan fingerprint density at radius 2 is 1.45 bits per heavy atom. The molecule has 0 bridgehead atoms. The van der Waals surface area contributed by atoms with Crippen LogP contribution in [0.1, 0.15) is 84.2 Å². The van der Waals surface area contributed by atoms with Crippen molar-refractivity contribution in [3.05, 3.63) is 136 Å². The normalized spacial score (nSPS) is 19.0. The minimum atomic E-state index is -1.16. The third-order valence-electron chi connectivity index (χ3n) is 14.8. The van der Waals surface area contributed by atoms with Crippen molar-refractivity contribution >= 4 is 79.4 Å². The van der Waals surface area contributed by atoms with E-state index in [2.05, 4.69) is 47.8 Å². The molecule has 6 N–H and O–H groups in total. The first kappa shape index (κ1) is 54.3. The first-order chi connectivity index (χ1) is 36.2. The third-order valence-corrected chi connectivity index (χ3v) is 15.2. The fourth-order valence-electron chi connectivity index (χ4n) is 10.2. The van der Waals surface area contributed by atoms with E-state index in [4.69, 9.17) is 4.74 Å². The second-order valence-electron chi connectivity index (χ2n) is 19.6. The van der Waals surface area contributed by atoms with E-state index in [-0.39, 0.29) is 55.6 Å². The number of anilines is 2. The predicted octanol–water partition coefficient (Wildman–Crippen LogP) is 5.59. The molecule has 0 unspecified atom stereocenters. The van der Waals surface area contributed by atoms with Crippen LogP contribution in [0.5, 0.6) is 5.75 Å². The van der Waals surface area contributed by atoms with E-state index < -0.39 is 71.7 Å². The highest BCUT2D eigenvalue weighted by Gasteiger charge is 2.42. The average Bonchev–Trinajstić information content (AvgIpc) is 3.88. The molecule has 2 heterocycles. The van der Waals surface area contributed by atoms with Gasteiger partial charge in [-0.25, -0.2) is 0 Å². The average molecular weight is 1090 g/mol. The van der Waals surface area contributed by atoms with Gasteiger partial charge >= 0.3 is 0 Å². The Morgan fingerprint density at radius 3 is 2.15 bits per heavy atom. The molecule has 5 aromatic rings. The SMILES string of the molecule is CN[C@@H](C)C(=O)N[C@H]1CN(C(=O)c2ccc(C(=O)N[C@@H]3CN[C@H](C(=O)N(Cc4ccccc4)C(=O)[C@@H](NC(=O)[C@H](C)NC)C4CCCCC4)C3)cc2)c2ccccc2N(Cc2c(OC)ccc3cc(Br)ccc23)C1=O. The molecule has 2 aliphatic heterocycles. The Labute approximate surface area is 446 Å². The Hall–Kier alpha value is -6.99. The molecule has 0 radical (unpaired) electrons. The molecule has 18 heteroatoms. The van der Waals surface area contributed by atoms with Crippen molar-refractivity contribution in [3.63, 3.8) is 0 Å². The van der Waals surface area contributed by atoms with E-state index in [1.165, 1.54) is 9.80 Å². The number of methoxy groups -OCH3 is 1. The quantitative estimate of drug-likeness (QED) is 0.0677. The highest BCUT2D eigenvalue weighted by molar-refractivity contribution is 9.10. The van der Waals surface area contributed by atoms with Gasteiger partial charge in [-0.3, -0.25) is 38.5 Å². The Balaban J connectivity index is 1.000. The molecule has 75 heavy (non-hydrogen) atoms. The van der Waals surface area contributed by atoms with Gasteiger partial charge in [0.1, 0.15) is 17.8 Å². The molecule has 394 valence electrons. The molecule has 17 nitrogen and oxygen atoms in total. The summed E-state index contributed by atoms with van der Waals surface area (Å²) in [4.78, 5) is 104. The number of para-hydroxylation sites is 2. The number of carbonyl (C=O) groups is 7. The van der Waals surface area contributed by atoms with E-state index in [9.17, 15) is 33.6 Å². The molecular formula is C57H66BrN9O8. The lowest BCUT2D eigenvalue weighted by Crippen LogP contribution is -2.58. The van der Waals surface area contributed by atoms with Gasteiger partial charge in [-0.1, -0.05) is 89.8 Å². The smallest absolute Gasteiger partial charge is 0.258 e. The lowest BCUT2D eigenvalue weighted by Gasteiger charge is -2.35. The summed E-state index contributed by atoms with van der Waals surface area (Å²) in [5, 5.41) is 19.8. The van der Waals surface area contributed by atoms with E-state index in [1.54, 1.807) is 88.5 Å². The molecule has 5 aromatic carbocycles. The second-order valence-corrected chi connectivity index (χ2v) is 20.5. The number of rotatable bonds is 17. The van der Waals surface area contributed by atoms with Crippen LogP contribution in [0, 0.1) is 5.92 Å². The van der Waals surface area contributed by atoms with E-state index in [0.717, 1.165) is 58.5 Å². The largest absolute Gasteiger partial charge is 0.496 e. The number of nitrogens with one attached hydrogen (secondary N) is 6.